The summed E-state index contributed by atoms with van der Waals surface area (Å²) in [5.41, 5.74) is -3.53. The zero-order valence-corrected chi connectivity index (χ0v) is 24.4. The van der Waals surface area contributed by atoms with Crippen molar-refractivity contribution in [1.82, 2.24) is 15.1 Å². The van der Waals surface area contributed by atoms with Gasteiger partial charge in [0.1, 0.15) is 12.9 Å². The van der Waals surface area contributed by atoms with E-state index in [-0.39, 0.29) is 36.6 Å². The van der Waals surface area contributed by atoms with Crippen molar-refractivity contribution >= 4 is 24.1 Å². The molecule has 3 aliphatic rings. The van der Waals surface area contributed by atoms with Gasteiger partial charge in [-0.05, 0) is 61.6 Å². The number of ether oxygens (including phenoxy) is 1. The molecule has 238 valence electrons. The van der Waals surface area contributed by atoms with Crippen LogP contribution in [0, 0.1) is 0 Å². The van der Waals surface area contributed by atoms with Gasteiger partial charge in [0.2, 0.25) is 5.78 Å². The maximum Gasteiger partial charge on any atom is 0.416 e. The Morgan fingerprint density at radius 2 is 1.45 bits per heavy atom. The molecule has 5 rings (SSSR count). The molecule has 44 heavy (non-hydrogen) atoms. The molecule has 0 atom stereocenters. The summed E-state index contributed by atoms with van der Waals surface area (Å²) < 4.78 is 85.6. The van der Waals surface area contributed by atoms with Gasteiger partial charge in [0.25, 0.3) is 5.91 Å². The lowest BCUT2D eigenvalue weighted by atomic mass is 9.74. The fourth-order valence-electron chi connectivity index (χ4n) is 6.12. The van der Waals surface area contributed by atoms with Gasteiger partial charge >= 0.3 is 12.4 Å². The third-order valence-corrected chi connectivity index (χ3v) is 8.42. The van der Waals surface area contributed by atoms with Crippen LogP contribution in [-0.4, -0.2) is 60.3 Å². The molecule has 2 fully saturated rings. The second-order valence-corrected chi connectivity index (χ2v) is 11.1. The van der Waals surface area contributed by atoms with Crippen LogP contribution in [0.3, 0.4) is 0 Å². The minimum atomic E-state index is -5.14. The van der Waals surface area contributed by atoms with Gasteiger partial charge in [0.05, 0.1) is 22.4 Å². The number of piperazine rings is 1. The zero-order valence-electron chi connectivity index (χ0n) is 23.6. The highest BCUT2D eigenvalue weighted by Crippen LogP contribution is 2.40. The Morgan fingerprint density at radius 1 is 0.864 bits per heavy atom. The number of rotatable bonds is 6. The van der Waals surface area contributed by atoms with Gasteiger partial charge in [-0.15, -0.1) is 12.4 Å². The standard InChI is InChI=1S/C31H31F6N3O3.ClH/c32-30(33,34)23-17-21(18-24(19-23)31(35,36)37)27(41)28(42)38-29(22-5-2-1-3-6-22)10-8-25(9-11-29)39-12-14-40(15-13-39)26-7-4-16-43-20-26;/h1-7,17-20,25H,8-16H2,(H,38,42);1H/t25-,29-;. The number of nitrogens with zero attached hydrogens (tertiary/aromatic N) is 2. The fraction of sp³-hybridized carbons (Fsp3) is 0.419. The van der Waals surface area contributed by atoms with Crippen LogP contribution in [0.5, 0.6) is 0 Å². The lowest BCUT2D eigenvalue weighted by Crippen LogP contribution is -2.55. The molecule has 1 amide bonds. The maximum absolute atomic E-state index is 13.4. The average Bonchev–Trinajstić information content (AvgIpc) is 3.01. The summed E-state index contributed by atoms with van der Waals surface area (Å²) in [5.74, 6) is -2.71. The van der Waals surface area contributed by atoms with E-state index >= 15 is 0 Å². The number of ketones is 1. The first-order chi connectivity index (χ1) is 20.4. The highest BCUT2D eigenvalue weighted by molar-refractivity contribution is 6.43. The maximum atomic E-state index is 13.4. The molecule has 2 aromatic rings. The summed E-state index contributed by atoms with van der Waals surface area (Å²) in [6.45, 7) is 3.86. The predicted molar refractivity (Wildman–Crippen MR) is 153 cm³/mol. The number of benzene rings is 2. The molecule has 2 aromatic carbocycles. The van der Waals surface area contributed by atoms with E-state index in [1.165, 1.54) is 0 Å². The van der Waals surface area contributed by atoms with Crippen molar-refractivity contribution < 1.29 is 40.7 Å². The van der Waals surface area contributed by atoms with E-state index in [0.717, 1.165) is 37.4 Å². The molecule has 2 heterocycles. The second kappa shape index (κ2) is 13.2. The van der Waals surface area contributed by atoms with Crippen LogP contribution in [0.25, 0.3) is 0 Å². The van der Waals surface area contributed by atoms with Gasteiger partial charge in [-0.2, -0.15) is 26.3 Å². The number of halogens is 7. The summed E-state index contributed by atoms with van der Waals surface area (Å²) >= 11 is 0. The van der Waals surface area contributed by atoms with E-state index in [9.17, 15) is 35.9 Å². The molecule has 0 bridgehead atoms. The summed E-state index contributed by atoms with van der Waals surface area (Å²) in [6, 6.07) is 9.65. The van der Waals surface area contributed by atoms with Crippen LogP contribution < -0.4 is 5.32 Å². The molecule has 2 aliphatic heterocycles. The lowest BCUT2D eigenvalue weighted by Gasteiger charge is -2.46. The summed E-state index contributed by atoms with van der Waals surface area (Å²) in [6.07, 6.45) is -2.27. The summed E-state index contributed by atoms with van der Waals surface area (Å²) in [5, 5.41) is 2.73. The molecule has 0 radical (unpaired) electrons. The Morgan fingerprint density at radius 3 is 1.98 bits per heavy atom. The monoisotopic (exact) mass is 643 g/mol. The van der Waals surface area contributed by atoms with E-state index in [1.807, 2.05) is 12.2 Å². The fourth-order valence-corrected chi connectivity index (χ4v) is 6.12. The highest BCUT2D eigenvalue weighted by atomic mass is 35.5. The molecular weight excluding hydrogens is 612 g/mol. The number of carbonyl (C=O) groups excluding carboxylic acids is 2. The first kappa shape index (κ1) is 33.4. The molecule has 0 spiro atoms. The normalized spacial score (nSPS) is 22.8. The number of hydrogen-bond acceptors (Lipinski definition) is 5. The first-order valence-electron chi connectivity index (χ1n) is 14.0. The van der Waals surface area contributed by atoms with Crippen LogP contribution >= 0.6 is 12.4 Å². The summed E-state index contributed by atoms with van der Waals surface area (Å²) in [7, 11) is 0. The molecule has 0 unspecified atom stereocenters. The molecule has 13 heteroatoms. The Kier molecular flexibility index (Phi) is 10.0. The topological polar surface area (TPSA) is 61.9 Å². The number of carbonyl (C=O) groups is 2. The lowest BCUT2D eigenvalue weighted by molar-refractivity contribution is -0.143. The van der Waals surface area contributed by atoms with E-state index in [2.05, 4.69) is 15.1 Å². The zero-order chi connectivity index (χ0) is 30.8. The number of hydrogen-bond donors (Lipinski definition) is 1. The molecular formula is C31H32ClF6N3O3. The Bertz CT molecular complexity index is 1360. The van der Waals surface area contributed by atoms with Crippen molar-refractivity contribution in [1.29, 1.82) is 0 Å². The third kappa shape index (κ3) is 7.40. The number of alkyl halides is 6. The molecule has 6 nitrogen and oxygen atoms in total. The summed E-state index contributed by atoms with van der Waals surface area (Å²) in [4.78, 5) is 30.9. The van der Waals surface area contributed by atoms with E-state index in [1.54, 1.807) is 36.6 Å². The Balaban J connectivity index is 0.00000442. The van der Waals surface area contributed by atoms with E-state index < -0.39 is 46.3 Å². The van der Waals surface area contributed by atoms with Gasteiger partial charge in [-0.3, -0.25) is 14.5 Å². The SMILES string of the molecule is Cl.O=C(N[C@]1(c2ccccc2)CC[C@@H](N2CCN(C3=COCC=C3)CC2)CC1)C(=O)c1cc(C(F)(F)F)cc(C(F)(F)F)c1. The number of nitrogens with one attached hydrogen (secondary N) is 1. The molecule has 1 saturated carbocycles. The van der Waals surface area contributed by atoms with Crippen LogP contribution in [0.15, 0.2) is 72.6 Å². The molecule has 1 saturated heterocycles. The van der Waals surface area contributed by atoms with Gasteiger partial charge in [-0.1, -0.05) is 30.3 Å². The van der Waals surface area contributed by atoms with Crippen molar-refractivity contribution in [3.8, 4) is 0 Å². The average molecular weight is 644 g/mol. The van der Waals surface area contributed by atoms with Crippen molar-refractivity contribution in [2.45, 2.75) is 49.6 Å². The first-order valence-corrected chi connectivity index (χ1v) is 14.0. The Labute approximate surface area is 257 Å². The van der Waals surface area contributed by atoms with E-state index in [4.69, 9.17) is 4.74 Å². The van der Waals surface area contributed by atoms with Crippen molar-refractivity contribution in [3.05, 3.63) is 94.9 Å². The number of Topliss-reactive ketones (excluding diaryl/α,β-unsaturated/α-hetero) is 1. The quantitative estimate of drug-likeness (QED) is 0.227. The largest absolute Gasteiger partial charge is 0.495 e. The van der Waals surface area contributed by atoms with Crippen LogP contribution in [0.1, 0.15) is 52.7 Å². The van der Waals surface area contributed by atoms with Crippen LogP contribution in [0.4, 0.5) is 26.3 Å². The van der Waals surface area contributed by atoms with Gasteiger partial charge in [-0.25, -0.2) is 0 Å². The molecule has 1 aliphatic carbocycles. The van der Waals surface area contributed by atoms with Crippen molar-refractivity contribution in [2.75, 3.05) is 32.8 Å². The number of amides is 1. The van der Waals surface area contributed by atoms with Gasteiger partial charge < -0.3 is 15.0 Å². The predicted octanol–water partition coefficient (Wildman–Crippen LogP) is 6.33. The van der Waals surface area contributed by atoms with Crippen LogP contribution in [-0.2, 0) is 27.4 Å². The Hall–Kier alpha value is -3.51. The molecule has 1 N–H and O–H groups in total. The van der Waals surface area contributed by atoms with Crippen molar-refractivity contribution in [3.63, 3.8) is 0 Å². The number of allylic oxidation sites excluding steroid dienone is 1. The van der Waals surface area contributed by atoms with Gasteiger partial charge in [0.15, 0.2) is 0 Å². The third-order valence-electron chi connectivity index (χ3n) is 8.42. The smallest absolute Gasteiger partial charge is 0.416 e. The molecule has 0 aromatic heterocycles. The van der Waals surface area contributed by atoms with Crippen molar-refractivity contribution in [2.24, 2.45) is 0 Å². The van der Waals surface area contributed by atoms with Crippen LogP contribution in [0.2, 0.25) is 0 Å². The van der Waals surface area contributed by atoms with Gasteiger partial charge in [0, 0.05) is 37.8 Å². The van der Waals surface area contributed by atoms with E-state index in [0.29, 0.717) is 32.3 Å². The minimum Gasteiger partial charge on any atom is -0.495 e. The second-order valence-electron chi connectivity index (χ2n) is 11.1. The highest BCUT2D eigenvalue weighted by Gasteiger charge is 2.42. The minimum absolute atomic E-state index is 0.